The summed E-state index contributed by atoms with van der Waals surface area (Å²) in [7, 11) is 1.60. The molecule has 2 heterocycles. The topological polar surface area (TPSA) is 53.5 Å². The first kappa shape index (κ1) is 12.7. The molecule has 0 N–H and O–H groups in total. The molecule has 5 heteroatoms. The van der Waals surface area contributed by atoms with Crippen LogP contribution in [0.3, 0.4) is 0 Å². The minimum absolute atomic E-state index is 0.0246. The summed E-state index contributed by atoms with van der Waals surface area (Å²) in [5.41, 5.74) is 0.845. The Bertz CT molecular complexity index is 589. The Labute approximate surface area is 117 Å². The fourth-order valence-corrected chi connectivity index (χ4v) is 2.20. The largest absolute Gasteiger partial charge is 0.486 e. The molecule has 0 spiro atoms. The van der Waals surface area contributed by atoms with Gasteiger partial charge in [-0.2, -0.15) is 0 Å². The van der Waals surface area contributed by atoms with Crippen molar-refractivity contribution >= 4 is 0 Å². The van der Waals surface area contributed by atoms with Gasteiger partial charge in [0, 0.05) is 12.4 Å². The van der Waals surface area contributed by atoms with Crippen molar-refractivity contribution in [3.63, 3.8) is 0 Å². The Morgan fingerprint density at radius 3 is 2.85 bits per heavy atom. The van der Waals surface area contributed by atoms with E-state index in [-0.39, 0.29) is 6.10 Å². The molecule has 1 aromatic carbocycles. The molecule has 0 saturated carbocycles. The second-order valence-corrected chi connectivity index (χ2v) is 4.55. The second kappa shape index (κ2) is 5.77. The third kappa shape index (κ3) is 2.66. The Kier molecular flexibility index (Phi) is 3.67. The zero-order chi connectivity index (χ0) is 13.8. The third-order valence-electron chi connectivity index (χ3n) is 3.20. The molecule has 3 rings (SSSR count). The quantitative estimate of drug-likeness (QED) is 0.854. The van der Waals surface area contributed by atoms with E-state index in [0.717, 1.165) is 30.0 Å². The van der Waals surface area contributed by atoms with Gasteiger partial charge in [-0.25, -0.2) is 4.98 Å². The number of rotatable bonds is 4. The van der Waals surface area contributed by atoms with Gasteiger partial charge >= 0.3 is 0 Å². The number of ether oxygens (including phenoxy) is 3. The van der Waals surface area contributed by atoms with Crippen molar-refractivity contribution in [1.29, 1.82) is 0 Å². The number of fused-ring (bicyclic) bond motifs is 1. The zero-order valence-corrected chi connectivity index (χ0v) is 11.3. The normalized spacial score (nSPS) is 16.8. The van der Waals surface area contributed by atoms with Crippen LogP contribution in [-0.4, -0.2) is 29.8 Å². The minimum Gasteiger partial charge on any atom is -0.486 e. The molecular formula is C15H16N2O3. The van der Waals surface area contributed by atoms with Crippen molar-refractivity contribution < 1.29 is 14.2 Å². The maximum Gasteiger partial charge on any atom is 0.235 e. The van der Waals surface area contributed by atoms with E-state index < -0.39 is 0 Å². The van der Waals surface area contributed by atoms with E-state index in [9.17, 15) is 0 Å². The first-order valence-electron chi connectivity index (χ1n) is 6.59. The van der Waals surface area contributed by atoms with E-state index in [1.807, 2.05) is 24.3 Å². The van der Waals surface area contributed by atoms with Crippen molar-refractivity contribution in [3.8, 4) is 17.4 Å². The van der Waals surface area contributed by atoms with Crippen LogP contribution in [-0.2, 0) is 6.42 Å². The summed E-state index contributed by atoms with van der Waals surface area (Å²) >= 11 is 0. The average Bonchev–Trinajstić information content (AvgIpc) is 2.53. The molecule has 0 unspecified atom stereocenters. The predicted octanol–water partition coefficient (Wildman–Crippen LogP) is 2.26. The van der Waals surface area contributed by atoms with Gasteiger partial charge in [-0.05, 0) is 25.0 Å². The molecule has 2 aromatic rings. The van der Waals surface area contributed by atoms with Crippen LogP contribution in [0.1, 0.15) is 12.1 Å². The molecule has 0 bridgehead atoms. The molecule has 1 aliphatic heterocycles. The molecule has 1 atom stereocenters. The molecule has 1 aliphatic rings. The minimum atomic E-state index is 0.0246. The summed E-state index contributed by atoms with van der Waals surface area (Å²) in [6, 6.07) is 7.71. The molecule has 0 amide bonds. The smallest absolute Gasteiger partial charge is 0.235 e. The lowest BCUT2D eigenvalue weighted by atomic mass is 10.1. The maximum absolute atomic E-state index is 5.91. The molecule has 0 aliphatic carbocycles. The zero-order valence-electron chi connectivity index (χ0n) is 11.3. The van der Waals surface area contributed by atoms with E-state index in [4.69, 9.17) is 14.2 Å². The lowest BCUT2D eigenvalue weighted by Gasteiger charge is -2.26. The standard InChI is InChI=1S/C15H16N2O3/c1-18-15-12(16-8-9-17-15)7-6-11-10-19-13-4-2-3-5-14(13)20-11/h2-5,8-9,11H,6-7,10H2,1H3/t11-/m1/s1. The number of hydrogen-bond donors (Lipinski definition) is 0. The van der Waals surface area contributed by atoms with Crippen LogP contribution >= 0.6 is 0 Å². The molecule has 20 heavy (non-hydrogen) atoms. The van der Waals surface area contributed by atoms with E-state index in [1.54, 1.807) is 19.5 Å². The molecule has 1 aromatic heterocycles. The average molecular weight is 272 g/mol. The predicted molar refractivity (Wildman–Crippen MR) is 73.3 cm³/mol. The lowest BCUT2D eigenvalue weighted by molar-refractivity contribution is 0.0848. The van der Waals surface area contributed by atoms with Crippen LogP contribution in [0.2, 0.25) is 0 Å². The van der Waals surface area contributed by atoms with Gasteiger partial charge in [0.05, 0.1) is 7.11 Å². The van der Waals surface area contributed by atoms with Gasteiger partial charge in [0.2, 0.25) is 5.88 Å². The van der Waals surface area contributed by atoms with Crippen molar-refractivity contribution in [3.05, 3.63) is 42.4 Å². The Morgan fingerprint density at radius 2 is 2.00 bits per heavy atom. The van der Waals surface area contributed by atoms with Gasteiger partial charge in [-0.1, -0.05) is 12.1 Å². The SMILES string of the molecule is COc1nccnc1CC[C@@H]1COc2ccccc2O1. The van der Waals surface area contributed by atoms with E-state index in [2.05, 4.69) is 9.97 Å². The van der Waals surface area contributed by atoms with Gasteiger partial charge in [-0.3, -0.25) is 4.98 Å². The summed E-state index contributed by atoms with van der Waals surface area (Å²) in [4.78, 5) is 8.43. The fraction of sp³-hybridized carbons (Fsp3) is 0.333. The Hall–Kier alpha value is -2.30. The molecule has 104 valence electrons. The Balaban J connectivity index is 1.63. The van der Waals surface area contributed by atoms with Crippen molar-refractivity contribution in [2.24, 2.45) is 0 Å². The van der Waals surface area contributed by atoms with Crippen molar-refractivity contribution in [2.45, 2.75) is 18.9 Å². The molecule has 5 nitrogen and oxygen atoms in total. The summed E-state index contributed by atoms with van der Waals surface area (Å²) in [5, 5.41) is 0. The van der Waals surface area contributed by atoms with Crippen molar-refractivity contribution in [1.82, 2.24) is 9.97 Å². The van der Waals surface area contributed by atoms with Crippen LogP contribution in [0.15, 0.2) is 36.7 Å². The van der Waals surface area contributed by atoms with E-state index >= 15 is 0 Å². The van der Waals surface area contributed by atoms with Gasteiger partial charge in [0.25, 0.3) is 0 Å². The van der Waals surface area contributed by atoms with E-state index in [0.29, 0.717) is 12.5 Å². The van der Waals surface area contributed by atoms with E-state index in [1.165, 1.54) is 0 Å². The van der Waals surface area contributed by atoms with Gasteiger partial charge in [-0.15, -0.1) is 0 Å². The van der Waals surface area contributed by atoms with Crippen LogP contribution < -0.4 is 14.2 Å². The van der Waals surface area contributed by atoms with Crippen LogP contribution in [0.4, 0.5) is 0 Å². The lowest BCUT2D eigenvalue weighted by Crippen LogP contribution is -2.29. The van der Waals surface area contributed by atoms with Gasteiger partial charge < -0.3 is 14.2 Å². The van der Waals surface area contributed by atoms with Crippen LogP contribution in [0.5, 0.6) is 17.4 Å². The highest BCUT2D eigenvalue weighted by atomic mass is 16.6. The third-order valence-corrected chi connectivity index (χ3v) is 3.20. The van der Waals surface area contributed by atoms with Crippen molar-refractivity contribution in [2.75, 3.05) is 13.7 Å². The first-order chi connectivity index (χ1) is 9.86. The van der Waals surface area contributed by atoms with Gasteiger partial charge in [0.15, 0.2) is 11.5 Å². The fourth-order valence-electron chi connectivity index (χ4n) is 2.20. The maximum atomic E-state index is 5.91. The summed E-state index contributed by atoms with van der Waals surface area (Å²) in [5.74, 6) is 2.18. The van der Waals surface area contributed by atoms with Crippen LogP contribution in [0.25, 0.3) is 0 Å². The monoisotopic (exact) mass is 272 g/mol. The summed E-state index contributed by atoms with van der Waals surface area (Å²) in [6.45, 7) is 0.555. The number of nitrogens with zero attached hydrogens (tertiary/aromatic N) is 2. The summed E-state index contributed by atoms with van der Waals surface area (Å²) in [6.07, 6.45) is 4.87. The number of hydrogen-bond acceptors (Lipinski definition) is 5. The van der Waals surface area contributed by atoms with Crippen LogP contribution in [0, 0.1) is 0 Å². The Morgan fingerprint density at radius 1 is 1.20 bits per heavy atom. The molecular weight excluding hydrogens is 256 g/mol. The number of benzene rings is 1. The summed E-state index contributed by atoms with van der Waals surface area (Å²) < 4.78 is 16.8. The highest BCUT2D eigenvalue weighted by molar-refractivity contribution is 5.40. The highest BCUT2D eigenvalue weighted by Crippen LogP contribution is 2.32. The van der Waals surface area contributed by atoms with Gasteiger partial charge in [0.1, 0.15) is 18.4 Å². The molecule has 0 radical (unpaired) electrons. The number of methoxy groups -OCH3 is 1. The number of para-hydroxylation sites is 2. The number of aromatic nitrogens is 2. The first-order valence-corrected chi connectivity index (χ1v) is 6.59. The highest BCUT2D eigenvalue weighted by Gasteiger charge is 2.21. The molecule has 0 fully saturated rings. The number of aryl methyl sites for hydroxylation is 1. The molecule has 0 saturated heterocycles. The second-order valence-electron chi connectivity index (χ2n) is 4.55.